The Morgan fingerprint density at radius 2 is 1.61 bits per heavy atom. The highest BCUT2D eigenvalue weighted by Crippen LogP contribution is 2.21. The third-order valence-electron chi connectivity index (χ3n) is 4.81. The minimum Gasteiger partial charge on any atom is -0.326 e. The number of anilines is 1. The van der Waals surface area contributed by atoms with Gasteiger partial charge in [-0.15, -0.1) is 5.54 Å². The van der Waals surface area contributed by atoms with Gasteiger partial charge in [0, 0.05) is 18.5 Å². The molecule has 2 aromatic carbocycles. The van der Waals surface area contributed by atoms with Gasteiger partial charge in [-0.1, -0.05) is 88.8 Å². The molecular weight excluding hydrogens is 400 g/mol. The van der Waals surface area contributed by atoms with E-state index in [9.17, 15) is 9.59 Å². The number of nitrogens with zero attached hydrogens (tertiary/aromatic N) is 1. The predicted molar refractivity (Wildman–Crippen MR) is 131 cm³/mol. The zero-order valence-corrected chi connectivity index (χ0v) is 20.5. The molecule has 1 unspecified atom stereocenters. The fourth-order valence-electron chi connectivity index (χ4n) is 3.29. The van der Waals surface area contributed by atoms with Crippen LogP contribution in [-0.2, 0) is 16.1 Å². The predicted octanol–water partition coefficient (Wildman–Crippen LogP) is 5.32. The van der Waals surface area contributed by atoms with Crippen molar-refractivity contribution in [1.29, 1.82) is 0 Å². The van der Waals surface area contributed by atoms with E-state index in [2.05, 4.69) is 36.4 Å². The van der Waals surface area contributed by atoms with Crippen LogP contribution in [0.2, 0.25) is 19.6 Å². The number of carbonyl (C=O) groups excluding carboxylic acids is 2. The van der Waals surface area contributed by atoms with E-state index in [0.29, 0.717) is 18.7 Å². The standard InChI is InChI=1S/C26H34N2O2Si/c1-7-24(29)28(19-21-13-9-8-10-14-21)25(20(2)3)26(30)27-23-16-12-11-15-22(23)17-18-31(4,5)6/h8-16,20,25H,7,19H2,1-6H3,(H,27,30). The van der Waals surface area contributed by atoms with Gasteiger partial charge in [0.2, 0.25) is 11.8 Å². The van der Waals surface area contributed by atoms with E-state index < -0.39 is 14.1 Å². The summed E-state index contributed by atoms with van der Waals surface area (Å²) in [5, 5.41) is 3.05. The lowest BCUT2D eigenvalue weighted by Gasteiger charge is -2.33. The van der Waals surface area contributed by atoms with E-state index in [4.69, 9.17) is 0 Å². The second-order valence-corrected chi connectivity index (χ2v) is 13.8. The molecule has 2 rings (SSSR count). The van der Waals surface area contributed by atoms with Gasteiger partial charge in [-0.2, -0.15) is 0 Å². The summed E-state index contributed by atoms with van der Waals surface area (Å²) in [7, 11) is -1.55. The van der Waals surface area contributed by atoms with Crippen molar-refractivity contribution in [3.63, 3.8) is 0 Å². The fourth-order valence-corrected chi connectivity index (χ4v) is 3.80. The average Bonchev–Trinajstić information content (AvgIpc) is 2.72. The molecule has 0 heterocycles. The van der Waals surface area contributed by atoms with Crippen molar-refractivity contribution in [2.75, 3.05) is 5.32 Å². The zero-order valence-electron chi connectivity index (χ0n) is 19.5. The first-order chi connectivity index (χ1) is 14.6. The van der Waals surface area contributed by atoms with Crippen molar-refractivity contribution in [1.82, 2.24) is 4.90 Å². The normalized spacial score (nSPS) is 12.0. The Balaban J connectivity index is 2.34. The van der Waals surface area contributed by atoms with Gasteiger partial charge < -0.3 is 10.2 Å². The molecule has 5 heteroatoms. The molecule has 2 aromatic rings. The first-order valence-corrected chi connectivity index (χ1v) is 14.4. The number of carbonyl (C=O) groups is 2. The van der Waals surface area contributed by atoms with E-state index in [0.717, 1.165) is 11.1 Å². The second-order valence-electron chi connectivity index (χ2n) is 9.08. The maximum Gasteiger partial charge on any atom is 0.247 e. The number of hydrogen-bond acceptors (Lipinski definition) is 2. The first-order valence-electron chi connectivity index (χ1n) is 10.9. The lowest BCUT2D eigenvalue weighted by atomic mass is 9.99. The Kier molecular flexibility index (Phi) is 8.64. The number of nitrogens with one attached hydrogen (secondary N) is 1. The largest absolute Gasteiger partial charge is 0.326 e. The lowest BCUT2D eigenvalue weighted by Crippen LogP contribution is -2.49. The summed E-state index contributed by atoms with van der Waals surface area (Å²) >= 11 is 0. The van der Waals surface area contributed by atoms with Crippen molar-refractivity contribution in [3.05, 3.63) is 65.7 Å². The van der Waals surface area contributed by atoms with Gasteiger partial charge in [-0.25, -0.2) is 0 Å². The molecule has 1 N–H and O–H groups in total. The van der Waals surface area contributed by atoms with Gasteiger partial charge >= 0.3 is 0 Å². The van der Waals surface area contributed by atoms with Gasteiger partial charge in [-0.3, -0.25) is 9.59 Å². The molecule has 164 valence electrons. The van der Waals surface area contributed by atoms with Gasteiger partial charge in [0.1, 0.15) is 14.1 Å². The fraction of sp³-hybridized carbons (Fsp3) is 0.385. The molecule has 0 aliphatic rings. The van der Waals surface area contributed by atoms with E-state index in [1.807, 2.05) is 75.4 Å². The monoisotopic (exact) mass is 434 g/mol. The Morgan fingerprint density at radius 3 is 2.19 bits per heavy atom. The Hall–Kier alpha value is -2.84. The summed E-state index contributed by atoms with van der Waals surface area (Å²) < 4.78 is 0. The minimum absolute atomic E-state index is 0.0375. The summed E-state index contributed by atoms with van der Waals surface area (Å²) in [6, 6.07) is 16.8. The maximum atomic E-state index is 13.4. The van der Waals surface area contributed by atoms with Crippen molar-refractivity contribution in [2.45, 2.75) is 59.4 Å². The highest BCUT2D eigenvalue weighted by atomic mass is 28.3. The average molecular weight is 435 g/mol. The highest BCUT2D eigenvalue weighted by Gasteiger charge is 2.32. The van der Waals surface area contributed by atoms with Crippen LogP contribution in [0.25, 0.3) is 0 Å². The number of benzene rings is 2. The summed E-state index contributed by atoms with van der Waals surface area (Å²) in [5.41, 5.74) is 5.85. The smallest absolute Gasteiger partial charge is 0.247 e. The molecule has 31 heavy (non-hydrogen) atoms. The molecule has 1 atom stereocenters. The Bertz CT molecular complexity index is 953. The van der Waals surface area contributed by atoms with Crippen molar-refractivity contribution >= 4 is 25.6 Å². The van der Waals surface area contributed by atoms with E-state index in [-0.39, 0.29) is 17.7 Å². The molecule has 0 saturated heterocycles. The van der Waals surface area contributed by atoms with Crippen LogP contribution in [0.1, 0.15) is 38.3 Å². The molecular formula is C26H34N2O2Si. The van der Waals surface area contributed by atoms with Crippen molar-refractivity contribution in [2.24, 2.45) is 5.92 Å². The van der Waals surface area contributed by atoms with E-state index in [1.54, 1.807) is 4.90 Å². The molecule has 0 bridgehead atoms. The van der Waals surface area contributed by atoms with E-state index >= 15 is 0 Å². The van der Waals surface area contributed by atoms with Gasteiger partial charge in [0.15, 0.2) is 0 Å². The van der Waals surface area contributed by atoms with Crippen LogP contribution in [-0.4, -0.2) is 30.8 Å². The van der Waals surface area contributed by atoms with Crippen LogP contribution in [0.3, 0.4) is 0 Å². The first kappa shape index (κ1) is 24.4. The molecule has 2 amide bonds. The third-order valence-corrected chi connectivity index (χ3v) is 5.69. The van der Waals surface area contributed by atoms with Crippen LogP contribution in [0, 0.1) is 17.4 Å². The summed E-state index contributed by atoms with van der Waals surface area (Å²) in [4.78, 5) is 27.9. The van der Waals surface area contributed by atoms with Gasteiger partial charge in [0.05, 0.1) is 5.69 Å². The molecule has 4 nitrogen and oxygen atoms in total. The lowest BCUT2D eigenvalue weighted by molar-refractivity contribution is -0.140. The van der Waals surface area contributed by atoms with Gasteiger partial charge in [-0.05, 0) is 23.6 Å². The molecule has 0 saturated carbocycles. The number of hydrogen-bond donors (Lipinski definition) is 1. The second kappa shape index (κ2) is 11.0. The molecule has 0 fully saturated rings. The SMILES string of the molecule is CCC(=O)N(Cc1ccccc1)C(C(=O)Nc1ccccc1C#C[Si](C)(C)C)C(C)C. The van der Waals surface area contributed by atoms with Crippen molar-refractivity contribution < 1.29 is 9.59 Å². The summed E-state index contributed by atoms with van der Waals surface area (Å²) in [6.07, 6.45) is 0.349. The molecule has 0 aliphatic heterocycles. The van der Waals surface area contributed by atoms with Crippen LogP contribution in [0.5, 0.6) is 0 Å². The number of amides is 2. The third kappa shape index (κ3) is 7.41. The Labute approximate surface area is 188 Å². The van der Waals surface area contributed by atoms with Crippen LogP contribution >= 0.6 is 0 Å². The molecule has 0 spiro atoms. The molecule has 0 aromatic heterocycles. The molecule has 0 aliphatic carbocycles. The minimum atomic E-state index is -1.55. The van der Waals surface area contributed by atoms with E-state index in [1.165, 1.54) is 0 Å². The summed E-state index contributed by atoms with van der Waals surface area (Å²) in [5.74, 6) is 2.98. The highest BCUT2D eigenvalue weighted by molar-refractivity contribution is 6.83. The van der Waals surface area contributed by atoms with Crippen LogP contribution in [0.15, 0.2) is 54.6 Å². The number of rotatable bonds is 7. The van der Waals surface area contributed by atoms with Gasteiger partial charge in [0.25, 0.3) is 0 Å². The quantitative estimate of drug-likeness (QED) is 0.474. The topological polar surface area (TPSA) is 49.4 Å². The Morgan fingerprint density at radius 1 is 1.00 bits per heavy atom. The molecule has 0 radical (unpaired) electrons. The zero-order chi connectivity index (χ0) is 23.0. The number of para-hydroxylation sites is 1. The van der Waals surface area contributed by atoms with Crippen LogP contribution in [0.4, 0.5) is 5.69 Å². The summed E-state index contributed by atoms with van der Waals surface area (Å²) in [6.45, 7) is 12.7. The van der Waals surface area contributed by atoms with Crippen LogP contribution < -0.4 is 5.32 Å². The maximum absolute atomic E-state index is 13.4. The van der Waals surface area contributed by atoms with Crippen molar-refractivity contribution in [3.8, 4) is 11.5 Å².